The highest BCUT2D eigenvalue weighted by atomic mass is 16.5. The van der Waals surface area contributed by atoms with Crippen LogP contribution < -0.4 is 14.8 Å². The first-order chi connectivity index (χ1) is 8.80. The molecule has 1 atom stereocenters. The standard InChI is InChI=1S/C13H21N3O2/c1-14-11(9-6-4-5-7-9)12-13(18-3)16-10(17-2)8-15-12/h8-9,11,14H,4-7H2,1-3H3. The summed E-state index contributed by atoms with van der Waals surface area (Å²) in [6, 6.07) is 0.209. The minimum Gasteiger partial charge on any atom is -0.480 e. The highest BCUT2D eigenvalue weighted by Gasteiger charge is 2.29. The zero-order valence-corrected chi connectivity index (χ0v) is 11.3. The molecule has 100 valence electrons. The molecule has 0 aromatic carbocycles. The van der Waals surface area contributed by atoms with Crippen molar-refractivity contribution in [3.8, 4) is 11.8 Å². The lowest BCUT2D eigenvalue weighted by molar-refractivity contribution is 0.328. The Morgan fingerprint density at radius 1 is 1.28 bits per heavy atom. The molecule has 18 heavy (non-hydrogen) atoms. The molecule has 0 bridgehead atoms. The van der Waals surface area contributed by atoms with Crippen molar-refractivity contribution in [1.29, 1.82) is 0 Å². The highest BCUT2D eigenvalue weighted by molar-refractivity contribution is 5.26. The molecule has 1 aliphatic carbocycles. The fraction of sp³-hybridized carbons (Fsp3) is 0.692. The van der Waals surface area contributed by atoms with Crippen molar-refractivity contribution in [3.63, 3.8) is 0 Å². The van der Waals surface area contributed by atoms with Crippen LogP contribution in [0.3, 0.4) is 0 Å². The van der Waals surface area contributed by atoms with Gasteiger partial charge in [-0.3, -0.25) is 0 Å². The lowest BCUT2D eigenvalue weighted by Crippen LogP contribution is -2.25. The number of nitrogens with zero attached hydrogens (tertiary/aromatic N) is 2. The van der Waals surface area contributed by atoms with Crippen LogP contribution in [-0.2, 0) is 0 Å². The lowest BCUT2D eigenvalue weighted by Gasteiger charge is -2.23. The van der Waals surface area contributed by atoms with Crippen molar-refractivity contribution in [2.24, 2.45) is 5.92 Å². The summed E-state index contributed by atoms with van der Waals surface area (Å²) in [5, 5.41) is 3.35. The van der Waals surface area contributed by atoms with Crippen LogP contribution in [0, 0.1) is 5.92 Å². The molecular formula is C13H21N3O2. The molecule has 0 spiro atoms. The van der Waals surface area contributed by atoms with Gasteiger partial charge in [0.2, 0.25) is 11.8 Å². The molecule has 0 saturated heterocycles. The van der Waals surface area contributed by atoms with Gasteiger partial charge < -0.3 is 14.8 Å². The van der Waals surface area contributed by atoms with Crippen LogP contribution >= 0.6 is 0 Å². The molecule has 1 heterocycles. The molecule has 1 aromatic heterocycles. The second-order valence-electron chi connectivity index (χ2n) is 4.62. The monoisotopic (exact) mass is 251 g/mol. The Kier molecular flexibility index (Phi) is 4.36. The van der Waals surface area contributed by atoms with Gasteiger partial charge in [-0.05, 0) is 25.8 Å². The summed E-state index contributed by atoms with van der Waals surface area (Å²) in [4.78, 5) is 8.76. The van der Waals surface area contributed by atoms with Crippen LogP contribution in [0.2, 0.25) is 0 Å². The molecule has 1 fully saturated rings. The fourth-order valence-corrected chi connectivity index (χ4v) is 2.71. The van der Waals surface area contributed by atoms with Gasteiger partial charge in [-0.1, -0.05) is 12.8 Å². The number of nitrogens with one attached hydrogen (secondary N) is 1. The summed E-state index contributed by atoms with van der Waals surface area (Å²) in [7, 11) is 5.16. The van der Waals surface area contributed by atoms with Crippen molar-refractivity contribution >= 4 is 0 Å². The number of hydrogen-bond acceptors (Lipinski definition) is 5. The molecule has 1 aromatic rings. The first kappa shape index (κ1) is 13.1. The zero-order valence-electron chi connectivity index (χ0n) is 11.3. The molecule has 1 unspecified atom stereocenters. The van der Waals surface area contributed by atoms with E-state index in [1.807, 2.05) is 7.05 Å². The number of hydrogen-bond donors (Lipinski definition) is 1. The van der Waals surface area contributed by atoms with Gasteiger partial charge in [-0.2, -0.15) is 4.98 Å². The Morgan fingerprint density at radius 2 is 2.00 bits per heavy atom. The van der Waals surface area contributed by atoms with E-state index in [1.165, 1.54) is 25.7 Å². The quantitative estimate of drug-likeness (QED) is 0.866. The molecule has 1 N–H and O–H groups in total. The van der Waals surface area contributed by atoms with E-state index in [1.54, 1.807) is 20.4 Å². The number of aromatic nitrogens is 2. The minimum atomic E-state index is 0.209. The summed E-state index contributed by atoms with van der Waals surface area (Å²) < 4.78 is 10.4. The summed E-state index contributed by atoms with van der Waals surface area (Å²) in [5.41, 5.74) is 0.882. The van der Waals surface area contributed by atoms with Crippen LogP contribution in [0.15, 0.2) is 6.20 Å². The van der Waals surface area contributed by atoms with E-state index in [9.17, 15) is 0 Å². The second-order valence-corrected chi connectivity index (χ2v) is 4.62. The fourth-order valence-electron chi connectivity index (χ4n) is 2.71. The lowest BCUT2D eigenvalue weighted by atomic mass is 9.95. The van der Waals surface area contributed by atoms with Crippen molar-refractivity contribution in [2.75, 3.05) is 21.3 Å². The largest absolute Gasteiger partial charge is 0.480 e. The van der Waals surface area contributed by atoms with E-state index < -0.39 is 0 Å². The van der Waals surface area contributed by atoms with Gasteiger partial charge in [0.1, 0.15) is 5.69 Å². The molecular weight excluding hydrogens is 230 g/mol. The third-order valence-electron chi connectivity index (χ3n) is 3.62. The van der Waals surface area contributed by atoms with Crippen molar-refractivity contribution in [3.05, 3.63) is 11.9 Å². The first-order valence-corrected chi connectivity index (χ1v) is 6.42. The van der Waals surface area contributed by atoms with E-state index in [0.29, 0.717) is 17.7 Å². The van der Waals surface area contributed by atoms with Gasteiger partial charge >= 0.3 is 0 Å². The Labute approximate surface area is 108 Å². The van der Waals surface area contributed by atoms with E-state index in [4.69, 9.17) is 9.47 Å². The van der Waals surface area contributed by atoms with Crippen LogP contribution in [0.5, 0.6) is 11.8 Å². The van der Waals surface area contributed by atoms with Gasteiger partial charge in [0.05, 0.1) is 26.5 Å². The number of methoxy groups -OCH3 is 2. The third kappa shape index (κ3) is 2.56. The predicted molar refractivity (Wildman–Crippen MR) is 68.9 cm³/mol. The SMILES string of the molecule is CNC(c1ncc(OC)nc1OC)C1CCCC1. The number of ether oxygens (including phenoxy) is 2. The predicted octanol–water partition coefficient (Wildman–Crippen LogP) is 1.94. The highest BCUT2D eigenvalue weighted by Crippen LogP contribution is 2.37. The van der Waals surface area contributed by atoms with Crippen molar-refractivity contribution in [1.82, 2.24) is 15.3 Å². The maximum Gasteiger partial charge on any atom is 0.240 e. The molecule has 2 rings (SSSR count). The Bertz CT molecular complexity index is 392. The van der Waals surface area contributed by atoms with Gasteiger partial charge in [-0.25, -0.2) is 4.98 Å². The maximum absolute atomic E-state index is 5.34. The average molecular weight is 251 g/mol. The molecule has 1 saturated carbocycles. The van der Waals surface area contributed by atoms with Crippen LogP contribution in [-0.4, -0.2) is 31.2 Å². The zero-order chi connectivity index (χ0) is 13.0. The first-order valence-electron chi connectivity index (χ1n) is 6.42. The summed E-state index contributed by atoms with van der Waals surface area (Å²) >= 11 is 0. The van der Waals surface area contributed by atoms with Gasteiger partial charge in [0.25, 0.3) is 0 Å². The topological polar surface area (TPSA) is 56.3 Å². The third-order valence-corrected chi connectivity index (χ3v) is 3.62. The molecule has 5 heteroatoms. The van der Waals surface area contributed by atoms with E-state index >= 15 is 0 Å². The van der Waals surface area contributed by atoms with Crippen LogP contribution in [0.4, 0.5) is 0 Å². The van der Waals surface area contributed by atoms with Gasteiger partial charge in [-0.15, -0.1) is 0 Å². The Morgan fingerprint density at radius 3 is 2.56 bits per heavy atom. The van der Waals surface area contributed by atoms with Crippen molar-refractivity contribution < 1.29 is 9.47 Å². The van der Waals surface area contributed by atoms with Crippen LogP contribution in [0.25, 0.3) is 0 Å². The second kappa shape index (κ2) is 6.00. The molecule has 1 aliphatic rings. The van der Waals surface area contributed by atoms with Gasteiger partial charge in [0, 0.05) is 0 Å². The summed E-state index contributed by atoms with van der Waals surface area (Å²) in [6.45, 7) is 0. The Hall–Kier alpha value is -1.36. The van der Waals surface area contributed by atoms with Crippen LogP contribution in [0.1, 0.15) is 37.4 Å². The Balaban J connectivity index is 2.28. The number of rotatable bonds is 5. The minimum absolute atomic E-state index is 0.209. The van der Waals surface area contributed by atoms with Crippen molar-refractivity contribution in [2.45, 2.75) is 31.7 Å². The average Bonchev–Trinajstić information content (AvgIpc) is 2.94. The normalized spacial score (nSPS) is 17.7. The van der Waals surface area contributed by atoms with E-state index in [-0.39, 0.29) is 6.04 Å². The van der Waals surface area contributed by atoms with Gasteiger partial charge in [0.15, 0.2) is 0 Å². The molecule has 5 nitrogen and oxygen atoms in total. The van der Waals surface area contributed by atoms with E-state index in [2.05, 4.69) is 15.3 Å². The molecule has 0 amide bonds. The summed E-state index contributed by atoms with van der Waals surface area (Å²) in [5.74, 6) is 1.66. The smallest absolute Gasteiger partial charge is 0.240 e. The molecule has 0 radical (unpaired) electrons. The summed E-state index contributed by atoms with van der Waals surface area (Å²) in [6.07, 6.45) is 6.73. The maximum atomic E-state index is 5.34. The van der Waals surface area contributed by atoms with E-state index in [0.717, 1.165) is 5.69 Å². The molecule has 0 aliphatic heterocycles.